The zero-order chi connectivity index (χ0) is 23.7. The molecule has 1 unspecified atom stereocenters. The van der Waals surface area contributed by atoms with Crippen LogP contribution in [0.25, 0.3) is 21.3 Å². The lowest BCUT2D eigenvalue weighted by atomic mass is 10.1. The smallest absolute Gasteiger partial charge is 0.254 e. The number of carbonyl (C=O) groups is 2. The van der Waals surface area contributed by atoms with Crippen molar-refractivity contribution in [3.8, 4) is 10.6 Å². The molecule has 1 aromatic heterocycles. The minimum Gasteiger partial charge on any atom is -0.378 e. The molecule has 2 amide bonds. The Morgan fingerprint density at radius 2 is 1.76 bits per heavy atom. The van der Waals surface area contributed by atoms with Gasteiger partial charge in [0.1, 0.15) is 11.0 Å². The first kappa shape index (κ1) is 22.0. The van der Waals surface area contributed by atoms with Crippen molar-refractivity contribution in [1.82, 2.24) is 15.1 Å². The standard InChI is InChI=1S/C26H25N5O2S/c1-30(2)21-13-11-18(12-14-21)24-28-29-26(34-24)27-23(32)22-8-5-15-31(22)25(33)20-10-9-17-6-3-4-7-19(17)16-20/h3-4,6-7,9-14,16,22H,5,8,15H2,1-2H3,(H,27,29,32). The van der Waals surface area contributed by atoms with Crippen molar-refractivity contribution in [2.45, 2.75) is 18.9 Å². The molecule has 0 radical (unpaired) electrons. The van der Waals surface area contributed by atoms with Crippen molar-refractivity contribution in [3.63, 3.8) is 0 Å². The second-order valence-electron chi connectivity index (χ2n) is 8.56. The van der Waals surface area contributed by atoms with E-state index in [9.17, 15) is 9.59 Å². The molecule has 1 aliphatic heterocycles. The van der Waals surface area contributed by atoms with Crippen LogP contribution >= 0.6 is 11.3 Å². The van der Waals surface area contributed by atoms with Gasteiger partial charge in [0.05, 0.1) is 0 Å². The number of nitrogens with one attached hydrogen (secondary N) is 1. The summed E-state index contributed by atoms with van der Waals surface area (Å²) in [6, 6.07) is 21.1. The lowest BCUT2D eigenvalue weighted by molar-refractivity contribution is -0.119. The number of nitrogens with zero attached hydrogens (tertiary/aromatic N) is 4. The number of carbonyl (C=O) groups excluding carboxylic acids is 2. The minimum absolute atomic E-state index is 0.123. The Hall–Kier alpha value is -3.78. The third-order valence-corrected chi connectivity index (χ3v) is 6.99. The minimum atomic E-state index is -0.523. The maximum atomic E-state index is 13.2. The van der Waals surface area contributed by atoms with Crippen LogP contribution < -0.4 is 10.2 Å². The summed E-state index contributed by atoms with van der Waals surface area (Å²) in [4.78, 5) is 30.0. The molecule has 0 saturated carbocycles. The Bertz CT molecular complexity index is 1350. The molecule has 1 saturated heterocycles. The van der Waals surface area contributed by atoms with Crippen LogP contribution in [0.1, 0.15) is 23.2 Å². The van der Waals surface area contributed by atoms with Gasteiger partial charge < -0.3 is 9.80 Å². The van der Waals surface area contributed by atoms with Crippen molar-refractivity contribution in [2.75, 3.05) is 30.9 Å². The van der Waals surface area contributed by atoms with Crippen molar-refractivity contribution in [2.24, 2.45) is 0 Å². The highest BCUT2D eigenvalue weighted by molar-refractivity contribution is 7.18. The highest BCUT2D eigenvalue weighted by Crippen LogP contribution is 2.29. The van der Waals surface area contributed by atoms with E-state index >= 15 is 0 Å². The van der Waals surface area contributed by atoms with Crippen molar-refractivity contribution in [1.29, 1.82) is 0 Å². The second kappa shape index (κ2) is 9.23. The molecule has 0 spiro atoms. The van der Waals surface area contributed by atoms with Crippen LogP contribution in [0.15, 0.2) is 66.7 Å². The summed E-state index contributed by atoms with van der Waals surface area (Å²) >= 11 is 1.32. The van der Waals surface area contributed by atoms with Crippen LogP contribution in [0.2, 0.25) is 0 Å². The number of likely N-dealkylation sites (tertiary alicyclic amines) is 1. The van der Waals surface area contributed by atoms with E-state index < -0.39 is 6.04 Å². The monoisotopic (exact) mass is 471 g/mol. The topological polar surface area (TPSA) is 78.4 Å². The fourth-order valence-electron chi connectivity index (χ4n) is 4.25. The number of aromatic nitrogens is 2. The SMILES string of the molecule is CN(C)c1ccc(-c2nnc(NC(=O)C3CCCN3C(=O)c3ccc4ccccc4c3)s2)cc1. The lowest BCUT2D eigenvalue weighted by Crippen LogP contribution is -2.43. The molecule has 1 aliphatic rings. The number of amides is 2. The quantitative estimate of drug-likeness (QED) is 0.458. The fourth-order valence-corrected chi connectivity index (χ4v) is 5.00. The molecule has 4 aromatic rings. The van der Waals surface area contributed by atoms with Crippen LogP contribution in [0.3, 0.4) is 0 Å². The first-order valence-electron chi connectivity index (χ1n) is 11.2. The van der Waals surface area contributed by atoms with E-state index in [4.69, 9.17) is 0 Å². The molecule has 7 nitrogen and oxygen atoms in total. The zero-order valence-corrected chi connectivity index (χ0v) is 19.9. The zero-order valence-electron chi connectivity index (χ0n) is 19.1. The summed E-state index contributed by atoms with van der Waals surface area (Å²) in [5.74, 6) is -0.348. The molecule has 172 valence electrons. The Labute approximate surface area is 202 Å². The molecule has 1 fully saturated rings. The largest absolute Gasteiger partial charge is 0.378 e. The third-order valence-electron chi connectivity index (χ3n) is 6.10. The molecular weight excluding hydrogens is 446 g/mol. The van der Waals surface area contributed by atoms with Gasteiger partial charge in [0, 0.05) is 37.5 Å². The summed E-state index contributed by atoms with van der Waals surface area (Å²) in [6.45, 7) is 0.559. The normalized spacial score (nSPS) is 15.5. The van der Waals surface area contributed by atoms with Gasteiger partial charge in [-0.3, -0.25) is 14.9 Å². The maximum absolute atomic E-state index is 13.2. The molecule has 8 heteroatoms. The predicted molar refractivity (Wildman–Crippen MR) is 136 cm³/mol. The molecule has 2 heterocycles. The summed E-state index contributed by atoms with van der Waals surface area (Å²) in [7, 11) is 3.98. The van der Waals surface area contributed by atoms with Crippen LogP contribution in [-0.2, 0) is 4.79 Å². The lowest BCUT2D eigenvalue weighted by Gasteiger charge is -2.23. The summed E-state index contributed by atoms with van der Waals surface area (Å²) in [5.41, 5.74) is 2.63. The van der Waals surface area contributed by atoms with Crippen LogP contribution in [-0.4, -0.2) is 53.6 Å². The van der Waals surface area contributed by atoms with Gasteiger partial charge in [-0.25, -0.2) is 0 Å². The first-order valence-corrected chi connectivity index (χ1v) is 12.0. The predicted octanol–water partition coefficient (Wildman–Crippen LogP) is 4.67. The number of hydrogen-bond acceptors (Lipinski definition) is 6. The number of benzene rings is 3. The highest BCUT2D eigenvalue weighted by Gasteiger charge is 2.35. The molecule has 5 rings (SSSR count). The summed E-state index contributed by atoms with van der Waals surface area (Å²) in [6.07, 6.45) is 1.42. The molecule has 0 aliphatic carbocycles. The third kappa shape index (κ3) is 4.36. The molecule has 0 bridgehead atoms. The van der Waals surface area contributed by atoms with Crippen molar-refractivity contribution in [3.05, 3.63) is 72.3 Å². The van der Waals surface area contributed by atoms with E-state index in [0.717, 1.165) is 33.5 Å². The first-order chi connectivity index (χ1) is 16.5. The second-order valence-corrected chi connectivity index (χ2v) is 9.54. The highest BCUT2D eigenvalue weighted by atomic mass is 32.1. The van der Waals surface area contributed by atoms with E-state index in [1.807, 2.05) is 85.7 Å². The van der Waals surface area contributed by atoms with Gasteiger partial charge in [-0.05, 0) is 60.0 Å². The van der Waals surface area contributed by atoms with Gasteiger partial charge in [-0.15, -0.1) is 10.2 Å². The molecular formula is C26H25N5O2S. The van der Waals surface area contributed by atoms with Crippen LogP contribution in [0.4, 0.5) is 10.8 Å². The number of fused-ring (bicyclic) bond motifs is 1. The van der Waals surface area contributed by atoms with E-state index in [2.05, 4.69) is 15.5 Å². The van der Waals surface area contributed by atoms with Gasteiger partial charge in [-0.2, -0.15) is 0 Å². The van der Waals surface area contributed by atoms with Gasteiger partial charge in [0.15, 0.2) is 0 Å². The Balaban J connectivity index is 1.29. The Kier molecular flexibility index (Phi) is 5.98. The van der Waals surface area contributed by atoms with E-state index in [1.54, 1.807) is 4.90 Å². The molecule has 1 atom stereocenters. The molecule has 34 heavy (non-hydrogen) atoms. The van der Waals surface area contributed by atoms with Crippen LogP contribution in [0, 0.1) is 0 Å². The van der Waals surface area contributed by atoms with E-state index in [0.29, 0.717) is 23.7 Å². The number of rotatable bonds is 5. The number of hydrogen-bond donors (Lipinski definition) is 1. The van der Waals surface area contributed by atoms with E-state index in [-0.39, 0.29) is 11.8 Å². The average molecular weight is 472 g/mol. The summed E-state index contributed by atoms with van der Waals surface area (Å²) < 4.78 is 0. The maximum Gasteiger partial charge on any atom is 0.254 e. The fraction of sp³-hybridized carbons (Fsp3) is 0.231. The van der Waals surface area contributed by atoms with Crippen molar-refractivity contribution < 1.29 is 9.59 Å². The number of anilines is 2. The van der Waals surface area contributed by atoms with Crippen molar-refractivity contribution >= 4 is 44.7 Å². The Morgan fingerprint density at radius 1 is 1.00 bits per heavy atom. The van der Waals surface area contributed by atoms with Gasteiger partial charge in [0.2, 0.25) is 11.0 Å². The van der Waals surface area contributed by atoms with E-state index in [1.165, 1.54) is 11.3 Å². The average Bonchev–Trinajstić information content (AvgIpc) is 3.53. The van der Waals surface area contributed by atoms with Gasteiger partial charge in [-0.1, -0.05) is 41.7 Å². The summed E-state index contributed by atoms with van der Waals surface area (Å²) in [5, 5.41) is 14.5. The van der Waals surface area contributed by atoms with Crippen LogP contribution in [0.5, 0.6) is 0 Å². The molecule has 1 N–H and O–H groups in total. The van der Waals surface area contributed by atoms with Gasteiger partial charge >= 0.3 is 0 Å². The molecule has 3 aromatic carbocycles. The Morgan fingerprint density at radius 3 is 2.53 bits per heavy atom. The van der Waals surface area contributed by atoms with Gasteiger partial charge in [0.25, 0.3) is 5.91 Å².